The number of aryl methyl sites for hydroxylation is 1. The van der Waals surface area contributed by atoms with Gasteiger partial charge in [-0.25, -0.2) is 9.18 Å². The van der Waals surface area contributed by atoms with Crippen LogP contribution in [0.3, 0.4) is 0 Å². The van der Waals surface area contributed by atoms with E-state index in [1.54, 1.807) is 49.4 Å². The second-order valence-electron chi connectivity index (χ2n) is 6.66. The Kier molecular flexibility index (Phi) is 6.24. The van der Waals surface area contributed by atoms with E-state index < -0.39 is 23.6 Å². The topological polar surface area (TPSA) is 70.2 Å². The molecule has 0 unspecified atom stereocenters. The Morgan fingerprint density at radius 2 is 1.48 bits per heavy atom. The first kappa shape index (κ1) is 21.8. The number of anilines is 3. The van der Waals surface area contributed by atoms with Crippen LogP contribution in [0, 0.1) is 12.7 Å². The maximum Gasteiger partial charge on any atom is 0.416 e. The van der Waals surface area contributed by atoms with Crippen molar-refractivity contribution in [3.63, 3.8) is 0 Å². The number of urea groups is 1. The highest BCUT2D eigenvalue weighted by Gasteiger charge is 2.31. The highest BCUT2D eigenvalue weighted by Crippen LogP contribution is 2.31. The normalized spacial score (nSPS) is 11.0. The van der Waals surface area contributed by atoms with Gasteiger partial charge in [0.15, 0.2) is 0 Å². The van der Waals surface area contributed by atoms with Crippen molar-refractivity contribution in [2.24, 2.45) is 0 Å². The molecule has 0 aliphatic carbocycles. The van der Waals surface area contributed by atoms with E-state index in [1.165, 1.54) is 6.07 Å². The zero-order valence-electron chi connectivity index (χ0n) is 16.2. The fourth-order valence-corrected chi connectivity index (χ4v) is 2.74. The Morgan fingerprint density at radius 3 is 2.16 bits per heavy atom. The van der Waals surface area contributed by atoms with Gasteiger partial charge in [-0.2, -0.15) is 13.2 Å². The smallest absolute Gasteiger partial charge is 0.322 e. The molecule has 0 aromatic heterocycles. The third-order valence-corrected chi connectivity index (χ3v) is 4.26. The SMILES string of the molecule is Cc1ccc(NC(=O)Nc2cc(F)cc(C(F)(F)F)c2)cc1NC(=O)c1ccccc1. The molecule has 0 atom stereocenters. The third kappa shape index (κ3) is 5.81. The number of halogens is 4. The van der Waals surface area contributed by atoms with Crippen molar-refractivity contribution in [2.45, 2.75) is 13.1 Å². The summed E-state index contributed by atoms with van der Waals surface area (Å²) in [6, 6.07) is 14.1. The minimum Gasteiger partial charge on any atom is -0.322 e. The van der Waals surface area contributed by atoms with Gasteiger partial charge in [0.1, 0.15) is 5.82 Å². The second kappa shape index (κ2) is 8.86. The molecule has 0 spiro atoms. The van der Waals surface area contributed by atoms with Crippen LogP contribution in [0.4, 0.5) is 39.4 Å². The lowest BCUT2D eigenvalue weighted by Gasteiger charge is -2.13. The summed E-state index contributed by atoms with van der Waals surface area (Å²) in [6.45, 7) is 1.76. The summed E-state index contributed by atoms with van der Waals surface area (Å²) in [4.78, 5) is 24.5. The molecular formula is C22H17F4N3O2. The van der Waals surface area contributed by atoms with E-state index in [-0.39, 0.29) is 17.3 Å². The van der Waals surface area contributed by atoms with Gasteiger partial charge in [-0.05, 0) is 55.0 Å². The number of benzene rings is 3. The first-order valence-electron chi connectivity index (χ1n) is 9.04. The van der Waals surface area contributed by atoms with Gasteiger partial charge >= 0.3 is 12.2 Å². The summed E-state index contributed by atoms with van der Waals surface area (Å²) in [5.41, 5.74) is 0.328. The monoisotopic (exact) mass is 431 g/mol. The van der Waals surface area contributed by atoms with Crippen molar-refractivity contribution in [2.75, 3.05) is 16.0 Å². The number of hydrogen-bond acceptors (Lipinski definition) is 2. The predicted octanol–water partition coefficient (Wildman–Crippen LogP) is 6.05. The minimum atomic E-state index is -4.75. The van der Waals surface area contributed by atoms with Crippen molar-refractivity contribution >= 4 is 29.0 Å². The molecule has 0 aliphatic rings. The van der Waals surface area contributed by atoms with Crippen LogP contribution in [0.15, 0.2) is 66.7 Å². The van der Waals surface area contributed by atoms with Gasteiger partial charge in [0.25, 0.3) is 5.91 Å². The quantitative estimate of drug-likeness (QED) is 0.440. The van der Waals surface area contributed by atoms with Crippen LogP contribution >= 0.6 is 0 Å². The van der Waals surface area contributed by atoms with Gasteiger partial charge in [-0.15, -0.1) is 0 Å². The summed E-state index contributed by atoms with van der Waals surface area (Å²) in [5.74, 6) is -1.48. The van der Waals surface area contributed by atoms with Crippen molar-refractivity contribution < 1.29 is 27.2 Å². The second-order valence-corrected chi connectivity index (χ2v) is 6.66. The molecule has 31 heavy (non-hydrogen) atoms. The molecule has 5 nitrogen and oxygen atoms in total. The molecule has 0 bridgehead atoms. The summed E-state index contributed by atoms with van der Waals surface area (Å²) in [6.07, 6.45) is -4.75. The van der Waals surface area contributed by atoms with E-state index in [0.29, 0.717) is 23.4 Å². The molecule has 0 radical (unpaired) electrons. The summed E-state index contributed by atoms with van der Waals surface area (Å²) >= 11 is 0. The van der Waals surface area contributed by atoms with Gasteiger partial charge in [0.05, 0.1) is 5.56 Å². The number of amides is 3. The van der Waals surface area contributed by atoms with Crippen molar-refractivity contribution in [1.82, 2.24) is 0 Å². The number of nitrogens with one attached hydrogen (secondary N) is 3. The Balaban J connectivity index is 1.72. The third-order valence-electron chi connectivity index (χ3n) is 4.26. The van der Waals surface area contributed by atoms with Crippen LogP contribution in [0.2, 0.25) is 0 Å². The summed E-state index contributed by atoms with van der Waals surface area (Å²) in [7, 11) is 0. The van der Waals surface area contributed by atoms with Gasteiger partial charge < -0.3 is 16.0 Å². The van der Waals surface area contributed by atoms with Crippen LogP contribution in [0.5, 0.6) is 0 Å². The van der Waals surface area contributed by atoms with Crippen LogP contribution in [-0.2, 0) is 6.18 Å². The zero-order chi connectivity index (χ0) is 22.6. The number of carbonyl (C=O) groups is 2. The Labute approximate surface area is 175 Å². The number of hydrogen-bond donors (Lipinski definition) is 3. The van der Waals surface area contributed by atoms with Crippen LogP contribution in [0.1, 0.15) is 21.5 Å². The largest absolute Gasteiger partial charge is 0.416 e. The lowest BCUT2D eigenvalue weighted by molar-refractivity contribution is -0.137. The van der Waals surface area contributed by atoms with E-state index in [1.807, 2.05) is 0 Å². The molecule has 0 saturated heterocycles. The molecule has 0 heterocycles. The molecular weight excluding hydrogens is 414 g/mol. The van der Waals surface area contributed by atoms with Gasteiger partial charge in [0, 0.05) is 22.6 Å². The standard InChI is InChI=1S/C22H17F4N3O2/c1-13-7-8-17(12-19(13)29-20(30)14-5-3-2-4-6-14)27-21(31)28-18-10-15(22(24,25)26)9-16(23)11-18/h2-12H,1H3,(H,29,30)(H2,27,28,31). The first-order chi connectivity index (χ1) is 14.6. The number of carbonyl (C=O) groups excluding carboxylic acids is 2. The number of rotatable bonds is 4. The van der Waals surface area contributed by atoms with Crippen LogP contribution in [0.25, 0.3) is 0 Å². The highest BCUT2D eigenvalue weighted by atomic mass is 19.4. The molecule has 3 aromatic carbocycles. The van der Waals surface area contributed by atoms with Crippen molar-refractivity contribution in [1.29, 1.82) is 0 Å². The lowest BCUT2D eigenvalue weighted by Crippen LogP contribution is -2.20. The van der Waals surface area contributed by atoms with Gasteiger partial charge in [-0.1, -0.05) is 24.3 Å². The maximum absolute atomic E-state index is 13.5. The molecule has 0 saturated carbocycles. The molecule has 3 rings (SSSR count). The van der Waals surface area contributed by atoms with E-state index in [2.05, 4.69) is 16.0 Å². The molecule has 160 valence electrons. The lowest BCUT2D eigenvalue weighted by atomic mass is 10.1. The number of alkyl halides is 3. The molecule has 0 fully saturated rings. The minimum absolute atomic E-state index is 0.277. The fourth-order valence-electron chi connectivity index (χ4n) is 2.74. The van der Waals surface area contributed by atoms with E-state index in [0.717, 1.165) is 11.6 Å². The summed E-state index contributed by atoms with van der Waals surface area (Å²) < 4.78 is 51.9. The first-order valence-corrected chi connectivity index (χ1v) is 9.04. The van der Waals surface area contributed by atoms with Crippen LogP contribution < -0.4 is 16.0 Å². The Morgan fingerprint density at radius 1 is 0.806 bits per heavy atom. The van der Waals surface area contributed by atoms with E-state index in [9.17, 15) is 27.2 Å². The van der Waals surface area contributed by atoms with E-state index >= 15 is 0 Å². The molecule has 3 amide bonds. The molecule has 3 N–H and O–H groups in total. The van der Waals surface area contributed by atoms with Crippen molar-refractivity contribution in [3.05, 3.63) is 89.2 Å². The average Bonchev–Trinajstić information content (AvgIpc) is 2.70. The molecule has 0 aliphatic heterocycles. The Hall–Kier alpha value is -3.88. The van der Waals surface area contributed by atoms with Gasteiger partial charge in [-0.3, -0.25) is 4.79 Å². The Bertz CT molecular complexity index is 1120. The predicted molar refractivity (Wildman–Crippen MR) is 110 cm³/mol. The molecule has 9 heteroatoms. The zero-order valence-corrected chi connectivity index (χ0v) is 16.2. The fraction of sp³-hybridized carbons (Fsp3) is 0.0909. The van der Waals surface area contributed by atoms with E-state index in [4.69, 9.17) is 0 Å². The molecule has 3 aromatic rings. The highest BCUT2D eigenvalue weighted by molar-refractivity contribution is 6.05. The maximum atomic E-state index is 13.5. The van der Waals surface area contributed by atoms with Crippen LogP contribution in [-0.4, -0.2) is 11.9 Å². The average molecular weight is 431 g/mol. The van der Waals surface area contributed by atoms with Crippen molar-refractivity contribution in [3.8, 4) is 0 Å². The summed E-state index contributed by atoms with van der Waals surface area (Å²) in [5, 5.41) is 7.35. The van der Waals surface area contributed by atoms with Gasteiger partial charge in [0.2, 0.25) is 0 Å².